The van der Waals surface area contributed by atoms with Crippen molar-refractivity contribution in [2.75, 3.05) is 42.0 Å². The molecule has 1 aromatic carbocycles. The van der Waals surface area contributed by atoms with E-state index < -0.39 is 5.60 Å². The molecular formula is C29H38BrN3O4. The first-order chi connectivity index (χ1) is 17.8. The van der Waals surface area contributed by atoms with Crippen LogP contribution in [0.3, 0.4) is 0 Å². The van der Waals surface area contributed by atoms with Crippen LogP contribution in [0.1, 0.15) is 55.6 Å². The number of fused-ring (bicyclic) bond motifs is 1. The van der Waals surface area contributed by atoms with Crippen LogP contribution in [0.4, 0.5) is 0 Å². The van der Waals surface area contributed by atoms with Gasteiger partial charge in [-0.3, -0.25) is 0 Å². The molecule has 200 valence electrons. The summed E-state index contributed by atoms with van der Waals surface area (Å²) in [6.45, 7) is 0.694. The van der Waals surface area contributed by atoms with Gasteiger partial charge in [0.2, 0.25) is 17.6 Å². The van der Waals surface area contributed by atoms with Crippen LogP contribution in [0.25, 0.3) is 10.9 Å². The second-order valence-electron chi connectivity index (χ2n) is 10.3. The maximum Gasteiger partial charge on any atom is 0.217 e. The lowest BCUT2D eigenvalue weighted by Gasteiger charge is -2.39. The Kier molecular flexibility index (Phi) is 8.93. The van der Waals surface area contributed by atoms with Crippen LogP contribution in [0, 0.1) is 5.92 Å². The highest BCUT2D eigenvalue weighted by Crippen LogP contribution is 2.49. The molecule has 2 atom stereocenters. The van der Waals surface area contributed by atoms with E-state index in [1.165, 1.54) is 12.8 Å². The fourth-order valence-electron chi connectivity index (χ4n) is 5.57. The lowest BCUT2D eigenvalue weighted by molar-refractivity contribution is -0.0155. The van der Waals surface area contributed by atoms with Crippen LogP contribution in [-0.2, 0) is 5.60 Å². The molecule has 0 amide bonds. The number of halogens is 1. The van der Waals surface area contributed by atoms with E-state index in [1.54, 1.807) is 21.3 Å². The molecule has 1 N–H and O–H groups in total. The van der Waals surface area contributed by atoms with Crippen molar-refractivity contribution in [3.63, 3.8) is 0 Å². The number of rotatable bonds is 11. The van der Waals surface area contributed by atoms with E-state index in [1.807, 2.05) is 38.4 Å². The Morgan fingerprint density at radius 2 is 1.68 bits per heavy atom. The van der Waals surface area contributed by atoms with Gasteiger partial charge in [0.25, 0.3) is 0 Å². The monoisotopic (exact) mass is 571 g/mol. The molecule has 1 aliphatic carbocycles. The van der Waals surface area contributed by atoms with Gasteiger partial charge in [0, 0.05) is 40.0 Å². The van der Waals surface area contributed by atoms with Crippen LogP contribution in [0.5, 0.6) is 17.6 Å². The molecule has 37 heavy (non-hydrogen) atoms. The Bertz CT molecular complexity index is 1190. The van der Waals surface area contributed by atoms with Crippen LogP contribution < -0.4 is 14.2 Å². The Morgan fingerprint density at radius 3 is 2.27 bits per heavy atom. The van der Waals surface area contributed by atoms with Crippen LogP contribution in [-0.4, -0.2) is 61.9 Å². The van der Waals surface area contributed by atoms with E-state index >= 15 is 0 Å². The normalized spacial score (nSPS) is 16.6. The average Bonchev–Trinajstić information content (AvgIpc) is 3.42. The number of hydrogen-bond acceptors (Lipinski definition) is 7. The molecule has 7 nitrogen and oxygen atoms in total. The minimum Gasteiger partial charge on any atom is -0.481 e. The maximum atomic E-state index is 12.8. The number of methoxy groups -OCH3 is 3. The molecule has 0 aliphatic heterocycles. The van der Waals surface area contributed by atoms with Gasteiger partial charge in [-0.1, -0.05) is 41.6 Å². The third-order valence-electron chi connectivity index (χ3n) is 7.60. The number of aromatic nitrogens is 2. The highest BCUT2D eigenvalue weighted by molar-refractivity contribution is 9.10. The van der Waals surface area contributed by atoms with Crippen molar-refractivity contribution in [1.82, 2.24) is 14.9 Å². The predicted molar refractivity (Wildman–Crippen MR) is 150 cm³/mol. The smallest absolute Gasteiger partial charge is 0.217 e. The van der Waals surface area contributed by atoms with E-state index in [-0.39, 0.29) is 5.92 Å². The largest absolute Gasteiger partial charge is 0.481 e. The van der Waals surface area contributed by atoms with Gasteiger partial charge in [-0.05, 0) is 62.7 Å². The van der Waals surface area contributed by atoms with E-state index in [0.29, 0.717) is 36.5 Å². The van der Waals surface area contributed by atoms with Gasteiger partial charge < -0.3 is 24.2 Å². The zero-order valence-electron chi connectivity index (χ0n) is 22.5. The van der Waals surface area contributed by atoms with E-state index in [0.717, 1.165) is 45.8 Å². The molecule has 1 saturated carbocycles. The van der Waals surface area contributed by atoms with Crippen molar-refractivity contribution in [2.45, 2.75) is 50.0 Å². The summed E-state index contributed by atoms with van der Waals surface area (Å²) in [5.41, 5.74) is 1.24. The standard InChI is InChI=1S/C29H38BrN3O4/c1-33(2)13-12-29(34,21-17-26(35-3)32-27(18-21)36-4)24(14-19-8-6-7-9-19)23-16-20-15-22(30)10-11-25(20)31-28(23)37-5/h10-11,15-19,24,34H,6-9,12-14H2,1-5H3. The van der Waals surface area contributed by atoms with Crippen molar-refractivity contribution in [1.29, 1.82) is 0 Å². The maximum absolute atomic E-state index is 12.8. The number of hydrogen-bond donors (Lipinski definition) is 1. The van der Waals surface area contributed by atoms with Crippen LogP contribution >= 0.6 is 15.9 Å². The predicted octanol–water partition coefficient (Wildman–Crippen LogP) is 5.92. The van der Waals surface area contributed by atoms with Crippen molar-refractivity contribution in [2.24, 2.45) is 5.92 Å². The second-order valence-corrected chi connectivity index (χ2v) is 11.2. The summed E-state index contributed by atoms with van der Waals surface area (Å²) in [6.07, 6.45) is 6.12. The summed E-state index contributed by atoms with van der Waals surface area (Å²) in [5.74, 6) is 1.62. The molecule has 2 heterocycles. The molecule has 2 unspecified atom stereocenters. The second kappa shape index (κ2) is 12.0. The number of pyridine rings is 2. The molecule has 8 heteroatoms. The quantitative estimate of drug-likeness (QED) is 0.306. The van der Waals surface area contributed by atoms with Gasteiger partial charge in [-0.2, -0.15) is 4.98 Å². The minimum atomic E-state index is -1.25. The first kappa shape index (κ1) is 27.6. The van der Waals surface area contributed by atoms with Gasteiger partial charge in [0.1, 0.15) is 0 Å². The van der Waals surface area contributed by atoms with Crippen LogP contribution in [0.15, 0.2) is 40.9 Å². The van der Waals surface area contributed by atoms with E-state index in [2.05, 4.69) is 37.9 Å². The lowest BCUT2D eigenvalue weighted by Crippen LogP contribution is -2.38. The summed E-state index contributed by atoms with van der Waals surface area (Å²) < 4.78 is 17.8. The zero-order chi connectivity index (χ0) is 26.6. The lowest BCUT2D eigenvalue weighted by atomic mass is 9.71. The third kappa shape index (κ3) is 6.19. The molecule has 2 aromatic heterocycles. The summed E-state index contributed by atoms with van der Waals surface area (Å²) >= 11 is 3.60. The Balaban J connectivity index is 1.95. The van der Waals surface area contributed by atoms with Gasteiger partial charge in [-0.25, -0.2) is 4.98 Å². The molecule has 0 radical (unpaired) electrons. The highest BCUT2D eigenvalue weighted by Gasteiger charge is 2.43. The SMILES string of the molecule is COc1cc(C(O)(CCN(C)C)C(CC2CCCC2)c2cc3cc(Br)ccc3nc2OC)cc(OC)n1. The van der Waals surface area contributed by atoms with E-state index in [9.17, 15) is 5.11 Å². The summed E-state index contributed by atoms with van der Waals surface area (Å²) in [6, 6.07) is 11.8. The summed E-state index contributed by atoms with van der Waals surface area (Å²) in [5, 5.41) is 13.8. The Labute approximate surface area is 228 Å². The number of benzene rings is 1. The minimum absolute atomic E-state index is 0.266. The fourth-order valence-corrected chi connectivity index (χ4v) is 5.95. The fraction of sp³-hybridized carbons (Fsp3) is 0.517. The summed E-state index contributed by atoms with van der Waals surface area (Å²) in [7, 11) is 8.86. The Hall–Kier alpha value is -2.42. The van der Waals surface area contributed by atoms with Crippen LogP contribution in [0.2, 0.25) is 0 Å². The Morgan fingerprint density at radius 1 is 1.00 bits per heavy atom. The average molecular weight is 573 g/mol. The molecule has 4 rings (SSSR count). The summed E-state index contributed by atoms with van der Waals surface area (Å²) in [4.78, 5) is 11.4. The van der Waals surface area contributed by atoms with E-state index in [4.69, 9.17) is 19.2 Å². The number of aliphatic hydroxyl groups is 1. The van der Waals surface area contributed by atoms with Gasteiger partial charge in [0.05, 0.1) is 32.4 Å². The molecule has 0 spiro atoms. The number of nitrogens with zero attached hydrogens (tertiary/aromatic N) is 3. The number of ether oxygens (including phenoxy) is 3. The first-order valence-corrected chi connectivity index (χ1v) is 13.7. The molecule has 1 aliphatic rings. The first-order valence-electron chi connectivity index (χ1n) is 12.9. The van der Waals surface area contributed by atoms with Gasteiger partial charge >= 0.3 is 0 Å². The van der Waals surface area contributed by atoms with Gasteiger partial charge in [-0.15, -0.1) is 0 Å². The molecule has 1 fully saturated rings. The van der Waals surface area contributed by atoms with Gasteiger partial charge in [0.15, 0.2) is 0 Å². The molecule has 0 saturated heterocycles. The molecular weight excluding hydrogens is 534 g/mol. The topological polar surface area (TPSA) is 76.9 Å². The van der Waals surface area contributed by atoms with Crippen molar-refractivity contribution in [3.8, 4) is 17.6 Å². The molecule has 3 aromatic rings. The van der Waals surface area contributed by atoms with Crippen molar-refractivity contribution < 1.29 is 19.3 Å². The third-order valence-corrected chi connectivity index (χ3v) is 8.09. The molecule has 0 bridgehead atoms. The highest BCUT2D eigenvalue weighted by atomic mass is 79.9. The van der Waals surface area contributed by atoms with Crippen molar-refractivity contribution in [3.05, 3.63) is 52.0 Å². The zero-order valence-corrected chi connectivity index (χ0v) is 24.0. The van der Waals surface area contributed by atoms with Crippen molar-refractivity contribution >= 4 is 26.8 Å².